The fourth-order valence-electron chi connectivity index (χ4n) is 2.42. The summed E-state index contributed by atoms with van der Waals surface area (Å²) in [5, 5.41) is 15.5. The van der Waals surface area contributed by atoms with Crippen molar-refractivity contribution in [3.63, 3.8) is 0 Å². The molecule has 0 unspecified atom stereocenters. The van der Waals surface area contributed by atoms with Crippen LogP contribution in [0.1, 0.15) is 26.3 Å². The third-order valence-corrected chi connectivity index (χ3v) is 4.45. The van der Waals surface area contributed by atoms with Gasteiger partial charge in [-0.25, -0.2) is 10.2 Å². The molecule has 0 aliphatic carbocycles. The van der Waals surface area contributed by atoms with Gasteiger partial charge in [0.1, 0.15) is 5.75 Å². The predicted molar refractivity (Wildman–Crippen MR) is 116 cm³/mol. The molecule has 8 nitrogen and oxygen atoms in total. The van der Waals surface area contributed by atoms with E-state index in [9.17, 15) is 19.7 Å². The summed E-state index contributed by atoms with van der Waals surface area (Å²) in [6.45, 7) is 0. The number of hydrogen-bond acceptors (Lipinski definition) is 6. The minimum atomic E-state index is -0.725. The van der Waals surface area contributed by atoms with Gasteiger partial charge in [-0.15, -0.1) is 0 Å². The van der Waals surface area contributed by atoms with E-state index in [0.29, 0.717) is 21.2 Å². The van der Waals surface area contributed by atoms with Gasteiger partial charge in [0.15, 0.2) is 0 Å². The van der Waals surface area contributed by atoms with Crippen LogP contribution >= 0.6 is 23.2 Å². The van der Waals surface area contributed by atoms with Crippen molar-refractivity contribution in [2.45, 2.75) is 0 Å². The van der Waals surface area contributed by atoms with Crippen molar-refractivity contribution in [1.82, 2.24) is 5.43 Å². The minimum absolute atomic E-state index is 0.125. The predicted octanol–water partition coefficient (Wildman–Crippen LogP) is 4.88. The van der Waals surface area contributed by atoms with Crippen LogP contribution in [0.25, 0.3) is 0 Å². The number of hydrogen-bond donors (Lipinski definition) is 1. The number of carbonyl (C=O) groups is 2. The van der Waals surface area contributed by atoms with E-state index in [4.69, 9.17) is 27.9 Å². The van der Waals surface area contributed by atoms with Gasteiger partial charge in [0, 0.05) is 33.3 Å². The third-order valence-electron chi connectivity index (χ3n) is 3.96. The summed E-state index contributed by atoms with van der Waals surface area (Å²) in [7, 11) is 0. The maximum atomic E-state index is 12.4. The fourth-order valence-corrected chi connectivity index (χ4v) is 2.72. The average Bonchev–Trinajstić information content (AvgIpc) is 2.76. The monoisotopic (exact) mass is 457 g/mol. The van der Waals surface area contributed by atoms with E-state index in [-0.39, 0.29) is 17.0 Å². The average molecular weight is 458 g/mol. The number of nitrogens with zero attached hydrogens (tertiary/aromatic N) is 2. The van der Waals surface area contributed by atoms with Gasteiger partial charge in [-0.2, -0.15) is 5.10 Å². The first-order chi connectivity index (χ1) is 14.8. The Morgan fingerprint density at radius 1 is 0.935 bits per heavy atom. The van der Waals surface area contributed by atoms with Crippen LogP contribution in [0.15, 0.2) is 71.8 Å². The zero-order chi connectivity index (χ0) is 22.4. The van der Waals surface area contributed by atoms with Crippen LogP contribution in [0.4, 0.5) is 5.69 Å². The van der Waals surface area contributed by atoms with Crippen LogP contribution < -0.4 is 10.2 Å². The van der Waals surface area contributed by atoms with Gasteiger partial charge in [0.05, 0.1) is 16.7 Å². The maximum absolute atomic E-state index is 12.4. The molecule has 0 radical (unpaired) electrons. The van der Waals surface area contributed by atoms with Gasteiger partial charge < -0.3 is 4.74 Å². The maximum Gasteiger partial charge on any atom is 0.343 e. The number of hydrazone groups is 1. The van der Waals surface area contributed by atoms with Crippen molar-refractivity contribution in [2.75, 3.05) is 0 Å². The van der Waals surface area contributed by atoms with Crippen LogP contribution in [-0.4, -0.2) is 23.0 Å². The summed E-state index contributed by atoms with van der Waals surface area (Å²) in [5.74, 6) is -1.05. The highest BCUT2D eigenvalue weighted by Gasteiger charge is 2.14. The molecule has 0 saturated carbocycles. The molecule has 0 atom stereocenters. The topological polar surface area (TPSA) is 111 Å². The van der Waals surface area contributed by atoms with Crippen molar-refractivity contribution in [2.24, 2.45) is 5.10 Å². The quantitative estimate of drug-likeness (QED) is 0.186. The lowest BCUT2D eigenvalue weighted by Gasteiger charge is -2.08. The van der Waals surface area contributed by atoms with Gasteiger partial charge >= 0.3 is 5.97 Å². The molecule has 0 spiro atoms. The molecule has 156 valence electrons. The molecule has 31 heavy (non-hydrogen) atoms. The van der Waals surface area contributed by atoms with Gasteiger partial charge in [-0.1, -0.05) is 23.2 Å². The SMILES string of the molecule is O=C(N/N=C/c1cc(Cl)ccc1OC(=O)c1ccc([N+](=O)[O-])cc1)c1ccc(Cl)cc1. The van der Waals surface area contributed by atoms with Gasteiger partial charge in [-0.05, 0) is 54.6 Å². The van der Waals surface area contributed by atoms with E-state index in [1.54, 1.807) is 24.3 Å². The highest BCUT2D eigenvalue weighted by Crippen LogP contribution is 2.23. The zero-order valence-corrected chi connectivity index (χ0v) is 17.1. The molecule has 3 aromatic carbocycles. The molecular formula is C21H13Cl2N3O5. The molecule has 0 saturated heterocycles. The van der Waals surface area contributed by atoms with Crippen LogP contribution in [0.5, 0.6) is 5.75 Å². The molecule has 3 aromatic rings. The Morgan fingerprint density at radius 2 is 1.55 bits per heavy atom. The van der Waals surface area contributed by atoms with Crippen molar-refractivity contribution in [1.29, 1.82) is 0 Å². The highest BCUT2D eigenvalue weighted by atomic mass is 35.5. The number of rotatable bonds is 6. The molecule has 0 aromatic heterocycles. The molecule has 0 heterocycles. The molecule has 0 bridgehead atoms. The molecule has 0 fully saturated rings. The number of amides is 1. The van der Waals surface area contributed by atoms with E-state index >= 15 is 0 Å². The number of nitro groups is 1. The summed E-state index contributed by atoms with van der Waals surface area (Å²) in [5.41, 5.74) is 3.03. The molecule has 1 N–H and O–H groups in total. The summed E-state index contributed by atoms with van der Waals surface area (Å²) in [6.07, 6.45) is 1.28. The summed E-state index contributed by atoms with van der Waals surface area (Å²) in [4.78, 5) is 34.6. The van der Waals surface area contributed by atoms with E-state index in [0.717, 1.165) is 0 Å². The Morgan fingerprint density at radius 3 is 2.19 bits per heavy atom. The second-order valence-electron chi connectivity index (χ2n) is 6.08. The number of nitro benzene ring substituents is 1. The Labute approximate surface area is 186 Å². The molecule has 3 rings (SSSR count). The standard InChI is InChI=1S/C21H13Cl2N3O5/c22-16-5-1-13(2-6-16)20(27)25-24-12-15-11-17(23)7-10-19(15)31-21(28)14-3-8-18(9-4-14)26(29)30/h1-12H,(H,25,27)/b24-12+. The van der Waals surface area contributed by atoms with E-state index in [1.807, 2.05) is 0 Å². The summed E-state index contributed by atoms with van der Waals surface area (Å²) in [6, 6.07) is 15.7. The normalized spacial score (nSPS) is 10.6. The summed E-state index contributed by atoms with van der Waals surface area (Å²) < 4.78 is 5.36. The van der Waals surface area contributed by atoms with Gasteiger partial charge in [-0.3, -0.25) is 14.9 Å². The Bertz CT molecular complexity index is 1160. The number of halogens is 2. The number of ether oxygens (including phenoxy) is 1. The van der Waals surface area contributed by atoms with Crippen molar-refractivity contribution < 1.29 is 19.2 Å². The number of benzene rings is 3. The second kappa shape index (κ2) is 9.84. The number of esters is 1. The van der Waals surface area contributed by atoms with Crippen LogP contribution in [-0.2, 0) is 0 Å². The van der Waals surface area contributed by atoms with Crippen molar-refractivity contribution >= 4 is 47.0 Å². The Kier molecular flexibility index (Phi) is 6.96. The lowest BCUT2D eigenvalue weighted by atomic mass is 10.2. The lowest BCUT2D eigenvalue weighted by molar-refractivity contribution is -0.384. The number of non-ortho nitro benzene ring substituents is 1. The Hall–Kier alpha value is -3.75. The van der Waals surface area contributed by atoms with Crippen molar-refractivity contribution in [3.8, 4) is 5.75 Å². The second-order valence-corrected chi connectivity index (χ2v) is 6.95. The first-order valence-electron chi connectivity index (χ1n) is 8.68. The zero-order valence-electron chi connectivity index (χ0n) is 15.6. The molecule has 0 aliphatic heterocycles. The highest BCUT2D eigenvalue weighted by molar-refractivity contribution is 6.31. The number of nitrogens with one attached hydrogen (secondary N) is 1. The first-order valence-corrected chi connectivity index (χ1v) is 9.44. The van der Waals surface area contributed by atoms with Crippen LogP contribution in [0.2, 0.25) is 10.0 Å². The molecular weight excluding hydrogens is 445 g/mol. The van der Waals surface area contributed by atoms with E-state index in [2.05, 4.69) is 10.5 Å². The van der Waals surface area contributed by atoms with Crippen LogP contribution in [0.3, 0.4) is 0 Å². The first kappa shape index (κ1) is 21.9. The minimum Gasteiger partial charge on any atom is -0.422 e. The van der Waals surface area contributed by atoms with Gasteiger partial charge in [0.25, 0.3) is 11.6 Å². The molecule has 0 aliphatic rings. The molecule has 1 amide bonds. The number of carbonyl (C=O) groups excluding carboxylic acids is 2. The smallest absolute Gasteiger partial charge is 0.343 e. The van der Waals surface area contributed by atoms with Crippen molar-refractivity contribution in [3.05, 3.63) is 104 Å². The van der Waals surface area contributed by atoms with E-state index in [1.165, 1.54) is 48.7 Å². The lowest BCUT2D eigenvalue weighted by Crippen LogP contribution is -2.17. The van der Waals surface area contributed by atoms with Gasteiger partial charge in [0.2, 0.25) is 0 Å². The van der Waals surface area contributed by atoms with E-state index < -0.39 is 16.8 Å². The largest absolute Gasteiger partial charge is 0.422 e. The van der Waals surface area contributed by atoms with Crippen LogP contribution in [0, 0.1) is 10.1 Å². The third kappa shape index (κ3) is 5.88. The Balaban J connectivity index is 1.73. The molecule has 10 heteroatoms. The fraction of sp³-hybridized carbons (Fsp3) is 0. The summed E-state index contributed by atoms with van der Waals surface area (Å²) >= 11 is 11.8.